The fraction of sp³-hybridized carbons (Fsp3) is 0.263. The van der Waals surface area contributed by atoms with Crippen molar-refractivity contribution in [2.45, 2.75) is 19.3 Å². The third kappa shape index (κ3) is 3.35. The van der Waals surface area contributed by atoms with Gasteiger partial charge in [-0.05, 0) is 42.5 Å². The molecule has 1 aliphatic rings. The molecule has 0 radical (unpaired) electrons. The first-order valence-corrected chi connectivity index (χ1v) is 8.61. The van der Waals surface area contributed by atoms with E-state index < -0.39 is 12.1 Å². The molecule has 0 spiro atoms. The number of imidazole rings is 1. The smallest absolute Gasteiger partial charge is 0.471 e. The fourth-order valence-corrected chi connectivity index (χ4v) is 3.31. The monoisotopic (exact) mass is 390 g/mol. The van der Waals surface area contributed by atoms with Crippen molar-refractivity contribution in [2.24, 2.45) is 0 Å². The highest BCUT2D eigenvalue weighted by atomic mass is 19.4. The summed E-state index contributed by atoms with van der Waals surface area (Å²) in [6, 6.07) is 12.3. The summed E-state index contributed by atoms with van der Waals surface area (Å²) in [5.41, 5.74) is 2.48. The zero-order valence-corrected chi connectivity index (χ0v) is 15.0. The Morgan fingerprint density at radius 1 is 1.14 bits per heavy atom. The molecule has 4 rings (SSSR count). The largest absolute Gasteiger partial charge is 0.497 e. The predicted molar refractivity (Wildman–Crippen MR) is 98.5 cm³/mol. The first-order chi connectivity index (χ1) is 13.3. The molecular formula is C19H17F3N4O2. The molecule has 1 amide bonds. The highest BCUT2D eigenvalue weighted by molar-refractivity contribution is 5.96. The number of nitrogens with one attached hydrogen (secondary N) is 1. The van der Waals surface area contributed by atoms with E-state index in [4.69, 9.17) is 4.74 Å². The summed E-state index contributed by atoms with van der Waals surface area (Å²) in [5, 5.41) is 1.86. The third-order valence-electron chi connectivity index (χ3n) is 4.71. The topological polar surface area (TPSA) is 59.4 Å². The molecule has 146 valence electrons. The maximum absolute atomic E-state index is 12.4. The maximum Gasteiger partial charge on any atom is 0.471 e. The Kier molecular flexibility index (Phi) is 4.37. The molecule has 0 saturated carbocycles. The fourth-order valence-electron chi connectivity index (χ4n) is 3.31. The molecule has 1 N–H and O–H groups in total. The van der Waals surface area contributed by atoms with Crippen LogP contribution in [0.1, 0.15) is 5.82 Å². The minimum atomic E-state index is -4.93. The number of rotatable bonds is 3. The van der Waals surface area contributed by atoms with Crippen LogP contribution in [0.5, 0.6) is 5.75 Å². The number of methoxy groups -OCH3 is 1. The van der Waals surface area contributed by atoms with Crippen molar-refractivity contribution in [1.82, 2.24) is 9.55 Å². The Bertz CT molecular complexity index is 1030. The van der Waals surface area contributed by atoms with Crippen molar-refractivity contribution >= 4 is 28.3 Å². The summed E-state index contributed by atoms with van der Waals surface area (Å²) in [6.45, 7) is 2.05. The SMILES string of the molecule is COc1ccc(N2CCn3c(nc4cc(NC(=O)C(F)(F)F)ccc43)C2)cc1. The van der Waals surface area contributed by atoms with Gasteiger partial charge in [0, 0.05) is 24.5 Å². The van der Waals surface area contributed by atoms with Gasteiger partial charge in [0.2, 0.25) is 0 Å². The van der Waals surface area contributed by atoms with Crippen LogP contribution in [0.3, 0.4) is 0 Å². The van der Waals surface area contributed by atoms with Crippen LogP contribution in [0, 0.1) is 0 Å². The van der Waals surface area contributed by atoms with Crippen molar-refractivity contribution in [3.8, 4) is 5.75 Å². The number of carbonyl (C=O) groups is 1. The molecular weight excluding hydrogens is 373 g/mol. The Balaban J connectivity index is 1.58. The zero-order chi connectivity index (χ0) is 19.9. The Morgan fingerprint density at radius 2 is 1.89 bits per heavy atom. The van der Waals surface area contributed by atoms with E-state index in [1.165, 1.54) is 12.1 Å². The van der Waals surface area contributed by atoms with E-state index >= 15 is 0 Å². The Labute approximate surface area is 158 Å². The molecule has 0 bridgehead atoms. The van der Waals surface area contributed by atoms with Crippen molar-refractivity contribution in [2.75, 3.05) is 23.9 Å². The van der Waals surface area contributed by atoms with Gasteiger partial charge in [-0.1, -0.05) is 0 Å². The van der Waals surface area contributed by atoms with E-state index in [1.54, 1.807) is 13.2 Å². The molecule has 0 unspecified atom stereocenters. The highest BCUT2D eigenvalue weighted by Gasteiger charge is 2.38. The number of nitrogens with zero attached hydrogens (tertiary/aromatic N) is 3. The molecule has 0 saturated heterocycles. The molecule has 1 aliphatic heterocycles. The lowest BCUT2D eigenvalue weighted by atomic mass is 10.2. The number of fused-ring (bicyclic) bond motifs is 3. The number of benzene rings is 2. The quantitative estimate of drug-likeness (QED) is 0.743. The molecule has 9 heteroatoms. The number of amides is 1. The van der Waals surface area contributed by atoms with Gasteiger partial charge in [-0.3, -0.25) is 4.79 Å². The van der Waals surface area contributed by atoms with E-state index in [9.17, 15) is 18.0 Å². The van der Waals surface area contributed by atoms with Gasteiger partial charge in [0.1, 0.15) is 11.6 Å². The number of carbonyl (C=O) groups excluding carboxylic acids is 1. The van der Waals surface area contributed by atoms with Crippen LogP contribution >= 0.6 is 0 Å². The summed E-state index contributed by atoms with van der Waals surface area (Å²) in [7, 11) is 1.61. The van der Waals surface area contributed by atoms with E-state index in [1.807, 2.05) is 34.1 Å². The van der Waals surface area contributed by atoms with Crippen LogP contribution in [0.4, 0.5) is 24.5 Å². The summed E-state index contributed by atoms with van der Waals surface area (Å²) < 4.78 is 44.5. The second kappa shape index (κ2) is 6.74. The van der Waals surface area contributed by atoms with Gasteiger partial charge in [-0.15, -0.1) is 0 Å². The highest BCUT2D eigenvalue weighted by Crippen LogP contribution is 2.28. The number of alkyl halides is 3. The van der Waals surface area contributed by atoms with Crippen LogP contribution < -0.4 is 15.0 Å². The second-order valence-electron chi connectivity index (χ2n) is 6.45. The van der Waals surface area contributed by atoms with E-state index in [0.29, 0.717) is 18.6 Å². The number of hydrogen-bond acceptors (Lipinski definition) is 4. The van der Waals surface area contributed by atoms with Crippen molar-refractivity contribution < 1.29 is 22.7 Å². The first-order valence-electron chi connectivity index (χ1n) is 8.61. The lowest BCUT2D eigenvalue weighted by Crippen LogP contribution is -2.33. The van der Waals surface area contributed by atoms with Gasteiger partial charge in [-0.2, -0.15) is 13.2 Å². The van der Waals surface area contributed by atoms with Gasteiger partial charge in [0.25, 0.3) is 0 Å². The number of hydrogen-bond donors (Lipinski definition) is 1. The van der Waals surface area contributed by atoms with Crippen LogP contribution in [0.25, 0.3) is 11.0 Å². The van der Waals surface area contributed by atoms with Crippen LogP contribution in [0.15, 0.2) is 42.5 Å². The van der Waals surface area contributed by atoms with Crippen molar-refractivity contribution in [1.29, 1.82) is 0 Å². The van der Waals surface area contributed by atoms with Crippen molar-refractivity contribution in [3.05, 3.63) is 48.3 Å². The average molecular weight is 390 g/mol. The van der Waals surface area contributed by atoms with Gasteiger partial charge in [0.05, 0.1) is 24.7 Å². The molecule has 3 aromatic rings. The van der Waals surface area contributed by atoms with Gasteiger partial charge < -0.3 is 19.5 Å². The van der Waals surface area contributed by atoms with E-state index in [2.05, 4.69) is 9.88 Å². The second-order valence-corrected chi connectivity index (χ2v) is 6.45. The van der Waals surface area contributed by atoms with E-state index in [-0.39, 0.29) is 5.69 Å². The average Bonchev–Trinajstić information content (AvgIpc) is 3.04. The number of halogens is 3. The van der Waals surface area contributed by atoms with E-state index in [0.717, 1.165) is 29.3 Å². The molecule has 1 aromatic heterocycles. The minimum Gasteiger partial charge on any atom is -0.497 e. The molecule has 28 heavy (non-hydrogen) atoms. The van der Waals surface area contributed by atoms with Crippen LogP contribution in [0.2, 0.25) is 0 Å². The summed E-state index contributed by atoms with van der Waals surface area (Å²) in [6.07, 6.45) is -4.93. The first kappa shape index (κ1) is 18.1. The lowest BCUT2D eigenvalue weighted by molar-refractivity contribution is -0.167. The third-order valence-corrected chi connectivity index (χ3v) is 4.71. The molecule has 0 fully saturated rings. The molecule has 2 aromatic carbocycles. The molecule has 2 heterocycles. The number of anilines is 2. The normalized spacial score (nSPS) is 14.1. The number of aromatic nitrogens is 2. The predicted octanol–water partition coefficient (Wildman–Crippen LogP) is 3.57. The summed E-state index contributed by atoms with van der Waals surface area (Å²) in [4.78, 5) is 17.9. The Morgan fingerprint density at radius 3 is 2.57 bits per heavy atom. The minimum absolute atomic E-state index is 0.0669. The van der Waals surface area contributed by atoms with Crippen molar-refractivity contribution in [3.63, 3.8) is 0 Å². The standard InChI is InChI=1S/C19H17F3N4O2/c1-28-14-5-3-13(4-6-14)25-8-9-26-16-7-2-12(23-18(27)19(20,21)22)10-15(16)24-17(26)11-25/h2-7,10H,8-9,11H2,1H3,(H,23,27). The van der Waals surface area contributed by atoms with Crippen LogP contribution in [-0.2, 0) is 17.9 Å². The van der Waals surface area contributed by atoms with Gasteiger partial charge in [0.15, 0.2) is 0 Å². The lowest BCUT2D eigenvalue weighted by Gasteiger charge is -2.30. The Hall–Kier alpha value is -3.23. The zero-order valence-electron chi connectivity index (χ0n) is 15.0. The maximum atomic E-state index is 12.4. The van der Waals surface area contributed by atoms with Gasteiger partial charge >= 0.3 is 12.1 Å². The molecule has 6 nitrogen and oxygen atoms in total. The molecule has 0 atom stereocenters. The van der Waals surface area contributed by atoms with Crippen LogP contribution in [-0.4, -0.2) is 35.3 Å². The van der Waals surface area contributed by atoms with Gasteiger partial charge in [-0.25, -0.2) is 4.98 Å². The number of ether oxygens (including phenoxy) is 1. The summed E-state index contributed by atoms with van der Waals surface area (Å²) in [5.74, 6) is -0.403. The molecule has 0 aliphatic carbocycles. The summed E-state index contributed by atoms with van der Waals surface area (Å²) >= 11 is 0.